The van der Waals surface area contributed by atoms with Gasteiger partial charge in [-0.1, -0.05) is 6.08 Å². The SMILES string of the molecule is C=CC(C)(C)C#N.COC(=O)c1ccc(NC(=O)CN)c(OC)c1. The molecule has 3 N–H and O–H groups in total. The third-order valence-corrected chi connectivity index (χ3v) is 2.88. The van der Waals surface area contributed by atoms with E-state index < -0.39 is 5.97 Å². The molecule has 7 nitrogen and oxygen atoms in total. The zero-order valence-electron chi connectivity index (χ0n) is 14.4. The number of nitriles is 1. The lowest BCUT2D eigenvalue weighted by atomic mass is 9.97. The van der Waals surface area contributed by atoms with Crippen molar-refractivity contribution >= 4 is 17.6 Å². The van der Waals surface area contributed by atoms with Gasteiger partial charge in [0.15, 0.2) is 0 Å². The number of hydrogen-bond acceptors (Lipinski definition) is 6. The highest BCUT2D eigenvalue weighted by atomic mass is 16.5. The summed E-state index contributed by atoms with van der Waals surface area (Å²) in [7, 11) is 2.73. The normalized spacial score (nSPS) is 9.67. The number of nitrogens with zero attached hydrogens (tertiary/aromatic N) is 1. The molecule has 0 aliphatic heterocycles. The van der Waals surface area contributed by atoms with Crippen molar-refractivity contribution in [3.05, 3.63) is 36.4 Å². The van der Waals surface area contributed by atoms with Crippen LogP contribution in [0.4, 0.5) is 5.69 Å². The fourth-order valence-electron chi connectivity index (χ4n) is 1.29. The van der Waals surface area contributed by atoms with E-state index in [4.69, 9.17) is 15.7 Å². The number of esters is 1. The first-order valence-electron chi connectivity index (χ1n) is 7.05. The molecule has 0 saturated carbocycles. The summed E-state index contributed by atoms with van der Waals surface area (Å²) in [5, 5.41) is 10.8. The predicted molar refractivity (Wildman–Crippen MR) is 91.6 cm³/mol. The molecule has 130 valence electrons. The number of allylic oxidation sites excluding steroid dienone is 1. The number of anilines is 1. The van der Waals surface area contributed by atoms with Crippen molar-refractivity contribution in [3.63, 3.8) is 0 Å². The maximum absolute atomic E-state index is 11.3. The molecule has 0 aliphatic carbocycles. The van der Waals surface area contributed by atoms with Gasteiger partial charge >= 0.3 is 5.97 Å². The quantitative estimate of drug-likeness (QED) is 0.630. The van der Waals surface area contributed by atoms with Gasteiger partial charge in [0.1, 0.15) is 5.75 Å². The van der Waals surface area contributed by atoms with Crippen LogP contribution in [0.25, 0.3) is 0 Å². The van der Waals surface area contributed by atoms with Crippen molar-refractivity contribution in [2.75, 3.05) is 26.1 Å². The van der Waals surface area contributed by atoms with Crippen LogP contribution in [0.5, 0.6) is 5.75 Å². The van der Waals surface area contributed by atoms with Gasteiger partial charge in [0.25, 0.3) is 0 Å². The van der Waals surface area contributed by atoms with Crippen LogP contribution in [-0.4, -0.2) is 32.6 Å². The number of benzene rings is 1. The van der Waals surface area contributed by atoms with E-state index in [-0.39, 0.29) is 17.9 Å². The lowest BCUT2D eigenvalue weighted by Crippen LogP contribution is -2.22. The van der Waals surface area contributed by atoms with E-state index in [1.807, 2.05) is 13.8 Å². The number of nitrogens with two attached hydrogens (primary N) is 1. The van der Waals surface area contributed by atoms with Gasteiger partial charge in [0, 0.05) is 0 Å². The largest absolute Gasteiger partial charge is 0.495 e. The van der Waals surface area contributed by atoms with Crippen LogP contribution in [-0.2, 0) is 9.53 Å². The van der Waals surface area contributed by atoms with Gasteiger partial charge in [-0.3, -0.25) is 4.79 Å². The summed E-state index contributed by atoms with van der Waals surface area (Å²) < 4.78 is 9.64. The minimum absolute atomic E-state index is 0.123. The minimum atomic E-state index is -0.472. The Bertz CT molecular complexity index is 633. The Balaban J connectivity index is 0.000000640. The predicted octanol–water partition coefficient (Wildman–Crippen LogP) is 2.10. The molecule has 0 unspecified atom stereocenters. The molecule has 1 aromatic carbocycles. The Hall–Kier alpha value is -2.85. The molecule has 1 aromatic rings. The lowest BCUT2D eigenvalue weighted by molar-refractivity contribution is -0.114. The van der Waals surface area contributed by atoms with E-state index >= 15 is 0 Å². The van der Waals surface area contributed by atoms with Crippen molar-refractivity contribution in [1.82, 2.24) is 0 Å². The second-order valence-electron chi connectivity index (χ2n) is 5.20. The van der Waals surface area contributed by atoms with Crippen molar-refractivity contribution in [2.45, 2.75) is 13.8 Å². The average molecular weight is 333 g/mol. The first-order valence-corrected chi connectivity index (χ1v) is 7.05. The van der Waals surface area contributed by atoms with Crippen LogP contribution in [0.3, 0.4) is 0 Å². The summed E-state index contributed by atoms with van der Waals surface area (Å²) >= 11 is 0. The monoisotopic (exact) mass is 333 g/mol. The van der Waals surface area contributed by atoms with Crippen LogP contribution in [0.1, 0.15) is 24.2 Å². The Morgan fingerprint density at radius 3 is 2.42 bits per heavy atom. The number of ether oxygens (including phenoxy) is 2. The van der Waals surface area contributed by atoms with Gasteiger partial charge in [-0.2, -0.15) is 5.26 Å². The molecule has 0 bridgehead atoms. The number of nitrogens with one attached hydrogen (secondary N) is 1. The van der Waals surface area contributed by atoms with Gasteiger partial charge in [-0.05, 0) is 32.0 Å². The van der Waals surface area contributed by atoms with E-state index in [1.165, 1.54) is 26.4 Å². The fourth-order valence-corrected chi connectivity index (χ4v) is 1.29. The van der Waals surface area contributed by atoms with Crippen LogP contribution in [0, 0.1) is 16.7 Å². The molecule has 0 aromatic heterocycles. The topological polar surface area (TPSA) is 114 Å². The molecule has 0 radical (unpaired) electrons. The summed E-state index contributed by atoms with van der Waals surface area (Å²) in [4.78, 5) is 22.4. The zero-order valence-corrected chi connectivity index (χ0v) is 14.4. The Morgan fingerprint density at radius 1 is 1.42 bits per heavy atom. The number of methoxy groups -OCH3 is 2. The van der Waals surface area contributed by atoms with Crippen molar-refractivity contribution in [3.8, 4) is 11.8 Å². The molecule has 1 amide bonds. The summed E-state index contributed by atoms with van der Waals surface area (Å²) in [6.45, 7) is 7.00. The van der Waals surface area contributed by atoms with E-state index in [2.05, 4.69) is 22.7 Å². The standard InChI is InChI=1S/C11H14N2O4.C6H9N/c1-16-9-5-7(11(15)17-2)3-4-8(9)13-10(14)6-12;1-4-6(2,3)5-7/h3-5H,6,12H2,1-2H3,(H,13,14);4H,1H2,2-3H3. The first kappa shape index (κ1) is 21.1. The van der Waals surface area contributed by atoms with Gasteiger partial charge in [0.2, 0.25) is 5.91 Å². The molecule has 24 heavy (non-hydrogen) atoms. The highest BCUT2D eigenvalue weighted by molar-refractivity contribution is 5.95. The Labute approximate surface area is 142 Å². The highest BCUT2D eigenvalue weighted by Crippen LogP contribution is 2.25. The van der Waals surface area contributed by atoms with E-state index in [0.29, 0.717) is 17.0 Å². The number of carbonyl (C=O) groups is 2. The third kappa shape index (κ3) is 6.94. The molecule has 1 rings (SSSR count). The summed E-state index contributed by atoms with van der Waals surface area (Å²) in [6.07, 6.45) is 1.63. The van der Waals surface area contributed by atoms with E-state index in [0.717, 1.165) is 0 Å². The van der Waals surface area contributed by atoms with Gasteiger partial charge in [-0.25, -0.2) is 4.79 Å². The number of rotatable bonds is 5. The Kier molecular flexibility index (Phi) is 8.83. The van der Waals surface area contributed by atoms with Crippen molar-refractivity contribution < 1.29 is 19.1 Å². The molecule has 0 saturated heterocycles. The Morgan fingerprint density at radius 2 is 2.04 bits per heavy atom. The maximum Gasteiger partial charge on any atom is 0.337 e. The van der Waals surface area contributed by atoms with E-state index in [9.17, 15) is 9.59 Å². The lowest BCUT2D eigenvalue weighted by Gasteiger charge is -2.10. The third-order valence-electron chi connectivity index (χ3n) is 2.88. The smallest absolute Gasteiger partial charge is 0.337 e. The van der Waals surface area contributed by atoms with Crippen LogP contribution in [0.15, 0.2) is 30.9 Å². The number of amides is 1. The summed E-state index contributed by atoms with van der Waals surface area (Å²) in [5.41, 5.74) is 5.63. The maximum atomic E-state index is 11.3. The molecule has 7 heteroatoms. The van der Waals surface area contributed by atoms with Crippen LogP contribution < -0.4 is 15.8 Å². The van der Waals surface area contributed by atoms with Gasteiger partial charge in [-0.15, -0.1) is 6.58 Å². The molecular formula is C17H23N3O4. The minimum Gasteiger partial charge on any atom is -0.495 e. The molecule has 0 atom stereocenters. The number of hydrogen-bond donors (Lipinski definition) is 2. The molecule has 0 fully saturated rings. The molecule has 0 spiro atoms. The van der Waals surface area contributed by atoms with E-state index in [1.54, 1.807) is 12.1 Å². The molecular weight excluding hydrogens is 310 g/mol. The van der Waals surface area contributed by atoms with Gasteiger partial charge in [0.05, 0.1) is 43.5 Å². The average Bonchev–Trinajstić information content (AvgIpc) is 2.61. The highest BCUT2D eigenvalue weighted by Gasteiger charge is 2.11. The molecule has 0 aliphatic rings. The number of carbonyl (C=O) groups excluding carboxylic acids is 2. The van der Waals surface area contributed by atoms with Gasteiger partial charge < -0.3 is 20.5 Å². The van der Waals surface area contributed by atoms with Crippen molar-refractivity contribution in [2.24, 2.45) is 11.1 Å². The summed E-state index contributed by atoms with van der Waals surface area (Å²) in [6, 6.07) is 6.64. The fraction of sp³-hybridized carbons (Fsp3) is 0.353. The second-order valence-corrected chi connectivity index (χ2v) is 5.20. The first-order chi connectivity index (χ1) is 11.2. The van der Waals surface area contributed by atoms with Crippen LogP contribution >= 0.6 is 0 Å². The summed E-state index contributed by atoms with van der Waals surface area (Å²) in [5.74, 6) is -0.441. The van der Waals surface area contributed by atoms with Crippen molar-refractivity contribution in [1.29, 1.82) is 5.26 Å². The second kappa shape index (κ2) is 10.0. The molecule has 0 heterocycles. The zero-order chi connectivity index (χ0) is 18.8. The van der Waals surface area contributed by atoms with Crippen LogP contribution in [0.2, 0.25) is 0 Å².